The van der Waals surface area contributed by atoms with Gasteiger partial charge in [0.25, 0.3) is 0 Å². The van der Waals surface area contributed by atoms with Crippen LogP contribution in [-0.2, 0) is 13.6 Å². The second-order valence-corrected chi connectivity index (χ2v) is 5.48. The Labute approximate surface area is 86.0 Å². The van der Waals surface area contributed by atoms with E-state index in [0.717, 1.165) is 0 Å². The van der Waals surface area contributed by atoms with Gasteiger partial charge in [0.15, 0.2) is 0 Å². The maximum atomic E-state index is 12.0. The predicted molar refractivity (Wildman–Crippen MR) is 58.0 cm³/mol. The van der Waals surface area contributed by atoms with Gasteiger partial charge < -0.3 is 14.8 Å². The van der Waals surface area contributed by atoms with Crippen molar-refractivity contribution in [2.45, 2.75) is 46.8 Å². The molecule has 0 fully saturated rings. The molecular formula is C9H20NO3P. The molecule has 0 aliphatic heterocycles. The molecule has 0 aliphatic carbocycles. The van der Waals surface area contributed by atoms with E-state index in [-0.39, 0.29) is 12.2 Å². The Balaban J connectivity index is 4.68. The van der Waals surface area contributed by atoms with Gasteiger partial charge in [0, 0.05) is 11.5 Å². The smallest absolute Gasteiger partial charge is 0.356 e. The van der Waals surface area contributed by atoms with Crippen LogP contribution in [0.25, 0.3) is 0 Å². The molecule has 0 aliphatic rings. The lowest BCUT2D eigenvalue weighted by molar-refractivity contribution is 0.149. The first-order valence-corrected chi connectivity index (χ1v) is 6.28. The fourth-order valence-electron chi connectivity index (χ4n) is 0.923. The van der Waals surface area contributed by atoms with Crippen LogP contribution >= 0.6 is 7.60 Å². The summed E-state index contributed by atoms with van der Waals surface area (Å²) in [6.07, 6.45) is -0.314. The summed E-state index contributed by atoms with van der Waals surface area (Å²) in [7, 11) is -3.17. The van der Waals surface area contributed by atoms with E-state index in [2.05, 4.69) is 0 Å². The van der Waals surface area contributed by atoms with Crippen LogP contribution in [0.1, 0.15) is 34.6 Å². The fraction of sp³-hybridized carbons (Fsp3) is 0.778. The van der Waals surface area contributed by atoms with Crippen molar-refractivity contribution in [3.05, 3.63) is 11.5 Å². The third-order valence-corrected chi connectivity index (χ3v) is 3.23. The molecule has 0 bridgehead atoms. The zero-order valence-corrected chi connectivity index (χ0v) is 10.4. The summed E-state index contributed by atoms with van der Waals surface area (Å²) in [5.41, 5.74) is 5.90. The summed E-state index contributed by atoms with van der Waals surface area (Å²) in [4.78, 5) is 0. The number of nitrogens with two attached hydrogens (primary N) is 1. The van der Waals surface area contributed by atoms with Gasteiger partial charge in [0.2, 0.25) is 0 Å². The third-order valence-electron chi connectivity index (χ3n) is 1.08. The zero-order chi connectivity index (χ0) is 11.4. The van der Waals surface area contributed by atoms with Crippen LogP contribution in [0.5, 0.6) is 0 Å². The van der Waals surface area contributed by atoms with E-state index < -0.39 is 7.60 Å². The number of allylic oxidation sites excluding steroid dienone is 1. The summed E-state index contributed by atoms with van der Waals surface area (Å²) in [6, 6.07) is 0. The molecule has 0 unspecified atom stereocenters. The molecule has 0 aromatic carbocycles. The molecule has 84 valence electrons. The Kier molecular flexibility index (Phi) is 5.42. The molecule has 2 N–H and O–H groups in total. The topological polar surface area (TPSA) is 61.6 Å². The van der Waals surface area contributed by atoms with Crippen LogP contribution < -0.4 is 5.73 Å². The highest BCUT2D eigenvalue weighted by atomic mass is 31.2. The van der Waals surface area contributed by atoms with Crippen LogP contribution in [0.4, 0.5) is 0 Å². The molecule has 5 heteroatoms. The Bertz CT molecular complexity index is 230. The lowest BCUT2D eigenvalue weighted by atomic mass is 10.5. The quantitative estimate of drug-likeness (QED) is 0.725. The molecule has 0 spiro atoms. The second-order valence-electron chi connectivity index (χ2n) is 3.72. The van der Waals surface area contributed by atoms with Crippen LogP contribution in [-0.4, -0.2) is 12.2 Å². The second kappa shape index (κ2) is 5.54. The molecule has 0 radical (unpaired) electrons. The van der Waals surface area contributed by atoms with E-state index >= 15 is 0 Å². The minimum absolute atomic E-state index is 0.157. The fourth-order valence-corrected chi connectivity index (χ4v) is 2.77. The van der Waals surface area contributed by atoms with Crippen LogP contribution in [0.3, 0.4) is 0 Å². The summed E-state index contributed by atoms with van der Waals surface area (Å²) in [5, 5.41) is 0. The number of rotatable bonds is 5. The average molecular weight is 221 g/mol. The van der Waals surface area contributed by atoms with Gasteiger partial charge in [-0.05, 0) is 34.6 Å². The maximum absolute atomic E-state index is 12.0. The molecule has 0 rings (SSSR count). The monoisotopic (exact) mass is 221 g/mol. The molecule has 0 heterocycles. The molecule has 4 nitrogen and oxygen atoms in total. The van der Waals surface area contributed by atoms with Crippen molar-refractivity contribution in [3.8, 4) is 0 Å². The molecule has 0 saturated carbocycles. The van der Waals surface area contributed by atoms with Crippen LogP contribution in [0.15, 0.2) is 11.5 Å². The average Bonchev–Trinajstić information content (AvgIpc) is 1.76. The van der Waals surface area contributed by atoms with E-state index in [1.54, 1.807) is 34.6 Å². The zero-order valence-electron chi connectivity index (χ0n) is 9.48. The van der Waals surface area contributed by atoms with Crippen molar-refractivity contribution in [2.75, 3.05) is 0 Å². The summed E-state index contributed by atoms with van der Waals surface area (Å²) >= 11 is 0. The molecule has 0 saturated heterocycles. The first-order chi connectivity index (χ1) is 6.25. The van der Waals surface area contributed by atoms with Gasteiger partial charge in [-0.3, -0.25) is 4.57 Å². The normalized spacial score (nSPS) is 14.1. The van der Waals surface area contributed by atoms with Gasteiger partial charge in [0.1, 0.15) is 0 Å². The minimum Gasteiger partial charge on any atom is -0.402 e. The highest BCUT2D eigenvalue weighted by Crippen LogP contribution is 2.52. The highest BCUT2D eigenvalue weighted by Gasteiger charge is 2.24. The Hall–Kier alpha value is -0.310. The van der Waals surface area contributed by atoms with Crippen molar-refractivity contribution in [3.63, 3.8) is 0 Å². The van der Waals surface area contributed by atoms with Gasteiger partial charge in [-0.1, -0.05) is 0 Å². The van der Waals surface area contributed by atoms with Crippen molar-refractivity contribution in [2.24, 2.45) is 5.73 Å². The van der Waals surface area contributed by atoms with Crippen molar-refractivity contribution >= 4 is 7.60 Å². The lowest BCUT2D eigenvalue weighted by Crippen LogP contribution is -2.07. The molecule has 0 aromatic rings. The van der Waals surface area contributed by atoms with Gasteiger partial charge in [-0.25, -0.2) is 0 Å². The standard InChI is InChI=1S/C9H20NO3P/c1-7(2)12-14(11,6-9(5)10)13-8(3)4/h6-8H,10H2,1-5H3/b9-6+. The van der Waals surface area contributed by atoms with Crippen molar-refractivity contribution in [1.29, 1.82) is 0 Å². The molecule has 0 atom stereocenters. The largest absolute Gasteiger partial charge is 0.402 e. The summed E-state index contributed by atoms with van der Waals surface area (Å²) < 4.78 is 22.5. The van der Waals surface area contributed by atoms with E-state index in [9.17, 15) is 4.57 Å². The first-order valence-electron chi connectivity index (χ1n) is 4.66. The highest BCUT2D eigenvalue weighted by molar-refractivity contribution is 7.57. The predicted octanol–water partition coefficient (Wildman–Crippen LogP) is 2.85. The van der Waals surface area contributed by atoms with E-state index in [1.807, 2.05) is 0 Å². The maximum Gasteiger partial charge on any atom is 0.356 e. The summed E-state index contributed by atoms with van der Waals surface area (Å²) in [5.74, 6) is 1.35. The van der Waals surface area contributed by atoms with E-state index in [4.69, 9.17) is 14.8 Å². The van der Waals surface area contributed by atoms with Crippen molar-refractivity contribution < 1.29 is 13.6 Å². The van der Waals surface area contributed by atoms with Gasteiger partial charge in [-0.15, -0.1) is 0 Å². The van der Waals surface area contributed by atoms with E-state index in [0.29, 0.717) is 5.70 Å². The van der Waals surface area contributed by atoms with Crippen LogP contribution in [0.2, 0.25) is 0 Å². The third kappa shape index (κ3) is 6.19. The van der Waals surface area contributed by atoms with Gasteiger partial charge in [-0.2, -0.15) is 0 Å². The van der Waals surface area contributed by atoms with Gasteiger partial charge in [0.05, 0.1) is 12.2 Å². The molecular weight excluding hydrogens is 201 g/mol. The molecule has 0 aromatic heterocycles. The molecule has 14 heavy (non-hydrogen) atoms. The van der Waals surface area contributed by atoms with Crippen LogP contribution in [0, 0.1) is 0 Å². The number of hydrogen-bond donors (Lipinski definition) is 1. The Morgan fingerprint density at radius 3 is 1.79 bits per heavy atom. The van der Waals surface area contributed by atoms with Crippen molar-refractivity contribution in [1.82, 2.24) is 0 Å². The molecule has 0 amide bonds. The minimum atomic E-state index is -3.17. The van der Waals surface area contributed by atoms with Gasteiger partial charge >= 0.3 is 7.60 Å². The Morgan fingerprint density at radius 1 is 1.21 bits per heavy atom. The SMILES string of the molecule is C/C(N)=C\P(=O)(OC(C)C)OC(C)C. The lowest BCUT2D eigenvalue weighted by Gasteiger charge is -2.20. The first kappa shape index (κ1) is 13.7. The Morgan fingerprint density at radius 2 is 1.57 bits per heavy atom. The number of hydrogen-bond acceptors (Lipinski definition) is 4. The van der Waals surface area contributed by atoms with E-state index in [1.165, 1.54) is 5.82 Å². The summed E-state index contributed by atoms with van der Waals surface area (Å²) in [6.45, 7) is 8.86.